The van der Waals surface area contributed by atoms with Crippen molar-refractivity contribution in [2.45, 2.75) is 47.1 Å². The van der Waals surface area contributed by atoms with E-state index in [0.29, 0.717) is 12.8 Å². The molecule has 2 N–H and O–H groups in total. The van der Waals surface area contributed by atoms with Gasteiger partial charge in [0, 0.05) is 65.2 Å². The van der Waals surface area contributed by atoms with Crippen molar-refractivity contribution >= 4 is 46.8 Å². The average Bonchev–Trinajstić information content (AvgIpc) is 3.61. The fraction of sp³-hybridized carbons (Fsp3) is 0.538. The van der Waals surface area contributed by atoms with E-state index < -0.39 is 0 Å². The van der Waals surface area contributed by atoms with Gasteiger partial charge >= 0.3 is 0 Å². The van der Waals surface area contributed by atoms with Crippen LogP contribution in [0.3, 0.4) is 0 Å². The lowest BCUT2D eigenvalue weighted by Crippen LogP contribution is -2.45. The Morgan fingerprint density at radius 3 is 1.39 bits per heavy atom. The topological polar surface area (TPSA) is 150 Å². The molecular formula is C26H34N16S2. The summed E-state index contributed by atoms with van der Waals surface area (Å²) in [6.07, 6.45) is 1.23. The molecule has 18 heteroatoms. The molecule has 0 aliphatic carbocycles. The first kappa shape index (κ1) is 27.8. The molecular weight excluding hydrogens is 601 g/mol. The quantitative estimate of drug-likeness (QED) is 0.260. The van der Waals surface area contributed by atoms with Crippen molar-refractivity contribution in [3.63, 3.8) is 0 Å². The lowest BCUT2D eigenvalue weighted by atomic mass is 10.3. The van der Waals surface area contributed by atoms with Gasteiger partial charge < -0.3 is 19.6 Å². The van der Waals surface area contributed by atoms with Gasteiger partial charge in [-0.05, 0) is 51.5 Å². The summed E-state index contributed by atoms with van der Waals surface area (Å²) >= 11 is 3.04. The highest BCUT2D eigenvalue weighted by Gasteiger charge is 2.29. The van der Waals surface area contributed by atoms with Crippen molar-refractivity contribution in [3.8, 4) is 0 Å². The number of rotatable bonds is 5. The Bertz CT molecular complexity index is 1590. The largest absolute Gasteiger partial charge is 0.338 e. The Labute approximate surface area is 263 Å². The van der Waals surface area contributed by atoms with E-state index in [1.165, 1.54) is 23.5 Å². The minimum Gasteiger partial charge on any atom is -0.338 e. The summed E-state index contributed by atoms with van der Waals surface area (Å²) in [5.41, 5.74) is 10.5. The molecule has 4 aromatic rings. The van der Waals surface area contributed by atoms with Gasteiger partial charge in [-0.2, -0.15) is 0 Å². The molecule has 2 fully saturated rings. The minimum absolute atomic E-state index is 0.615. The zero-order valence-electron chi connectivity index (χ0n) is 25.1. The van der Waals surface area contributed by atoms with E-state index in [9.17, 15) is 0 Å². The molecule has 16 nitrogen and oxygen atoms in total. The zero-order valence-corrected chi connectivity index (χ0v) is 26.8. The third-order valence-electron chi connectivity index (χ3n) is 8.46. The van der Waals surface area contributed by atoms with E-state index in [-0.39, 0.29) is 0 Å². The number of piperazine rings is 2. The molecule has 0 amide bonds. The molecule has 4 aromatic heterocycles. The van der Waals surface area contributed by atoms with E-state index in [2.05, 4.69) is 64.9 Å². The van der Waals surface area contributed by atoms with Gasteiger partial charge in [-0.15, -0.1) is 20.4 Å². The first-order chi connectivity index (χ1) is 21.4. The Morgan fingerprint density at radius 1 is 0.568 bits per heavy atom. The summed E-state index contributed by atoms with van der Waals surface area (Å²) in [5, 5.41) is 21.2. The summed E-state index contributed by atoms with van der Waals surface area (Å²) in [6.45, 7) is 11.7. The van der Waals surface area contributed by atoms with Crippen LogP contribution >= 0.6 is 23.5 Å². The number of hydrogen-bond donors (Lipinski definition) is 2. The first-order valence-corrected chi connectivity index (χ1v) is 16.5. The number of fused-ring (bicyclic) bond motifs is 4. The van der Waals surface area contributed by atoms with Crippen LogP contribution in [0.2, 0.25) is 0 Å². The number of nitrogens with one attached hydrogen (secondary N) is 2. The maximum absolute atomic E-state index is 4.89. The van der Waals surface area contributed by atoms with Crippen LogP contribution in [-0.2, 0) is 12.8 Å². The van der Waals surface area contributed by atoms with Gasteiger partial charge in [-0.1, -0.05) is 0 Å². The van der Waals surface area contributed by atoms with Gasteiger partial charge in [-0.3, -0.25) is 10.9 Å². The van der Waals surface area contributed by atoms with Crippen molar-refractivity contribution in [1.82, 2.24) is 59.5 Å². The Kier molecular flexibility index (Phi) is 6.95. The molecule has 0 radical (unpaired) electrons. The molecule has 0 saturated carbocycles. The van der Waals surface area contributed by atoms with E-state index in [1.807, 2.05) is 23.2 Å². The van der Waals surface area contributed by atoms with Crippen molar-refractivity contribution in [2.24, 2.45) is 0 Å². The van der Waals surface area contributed by atoms with Crippen LogP contribution in [0.4, 0.5) is 23.3 Å². The second-order valence-corrected chi connectivity index (χ2v) is 13.5. The summed E-state index contributed by atoms with van der Waals surface area (Å²) in [7, 11) is 4.29. The Hall–Kier alpha value is -3.74. The number of likely N-dealkylation sites (N-methyl/N-ethyl adjacent to an activating group) is 2. The third kappa shape index (κ3) is 4.98. The van der Waals surface area contributed by atoms with Crippen LogP contribution in [0.15, 0.2) is 20.4 Å². The van der Waals surface area contributed by atoms with Gasteiger partial charge in [-0.25, -0.2) is 29.3 Å². The third-order valence-corrected chi connectivity index (χ3v) is 10.3. The molecule has 4 aliphatic heterocycles. The lowest BCUT2D eigenvalue weighted by Gasteiger charge is -2.33. The molecule has 4 aliphatic rings. The zero-order chi connectivity index (χ0) is 29.9. The van der Waals surface area contributed by atoms with E-state index in [1.54, 1.807) is 0 Å². The SMILES string of the molecule is Cc1nc(N2CCN(C)CC2)nc2c1Nn1c(CCc3nnc4n3Nc3c(C)nc(N5CCN(C)CC5)nc3S4)nnc1S2. The Balaban J connectivity index is 0.966. The molecule has 8 rings (SSSR count). The maximum atomic E-state index is 4.89. The van der Waals surface area contributed by atoms with Gasteiger partial charge in [0.2, 0.25) is 22.2 Å². The molecule has 0 unspecified atom stereocenters. The second-order valence-electron chi connectivity index (χ2n) is 11.6. The predicted molar refractivity (Wildman–Crippen MR) is 167 cm³/mol. The summed E-state index contributed by atoms with van der Waals surface area (Å²) in [5.74, 6) is 3.16. The van der Waals surface area contributed by atoms with Crippen LogP contribution in [0.25, 0.3) is 0 Å². The first-order valence-electron chi connectivity index (χ1n) is 14.8. The number of nitrogens with zero attached hydrogens (tertiary/aromatic N) is 14. The van der Waals surface area contributed by atoms with Crippen molar-refractivity contribution in [3.05, 3.63) is 23.0 Å². The molecule has 8 heterocycles. The highest BCUT2D eigenvalue weighted by Crippen LogP contribution is 2.40. The molecule has 0 bridgehead atoms. The van der Waals surface area contributed by atoms with Crippen LogP contribution in [0.1, 0.15) is 23.0 Å². The van der Waals surface area contributed by atoms with Crippen molar-refractivity contribution in [2.75, 3.05) is 87.1 Å². The molecule has 0 atom stereocenters. The molecule has 230 valence electrons. The van der Waals surface area contributed by atoms with E-state index in [0.717, 1.165) is 119 Å². The number of anilines is 4. The molecule has 2 saturated heterocycles. The average molecular weight is 635 g/mol. The summed E-state index contributed by atoms with van der Waals surface area (Å²) in [6, 6.07) is 0. The van der Waals surface area contributed by atoms with Crippen LogP contribution in [0.5, 0.6) is 0 Å². The lowest BCUT2D eigenvalue weighted by molar-refractivity contribution is 0.311. The summed E-state index contributed by atoms with van der Waals surface area (Å²) < 4.78 is 3.86. The highest BCUT2D eigenvalue weighted by molar-refractivity contribution is 7.99. The van der Waals surface area contributed by atoms with E-state index in [4.69, 9.17) is 19.9 Å². The minimum atomic E-state index is 0.615. The predicted octanol–water partition coefficient (Wildman–Crippen LogP) is 1.03. The van der Waals surface area contributed by atoms with E-state index >= 15 is 0 Å². The normalized spacial score (nSPS) is 18.3. The maximum Gasteiger partial charge on any atom is 0.226 e. The molecule has 44 heavy (non-hydrogen) atoms. The smallest absolute Gasteiger partial charge is 0.226 e. The Morgan fingerprint density at radius 2 is 0.977 bits per heavy atom. The summed E-state index contributed by atoms with van der Waals surface area (Å²) in [4.78, 5) is 28.6. The van der Waals surface area contributed by atoms with Crippen molar-refractivity contribution in [1.29, 1.82) is 0 Å². The van der Waals surface area contributed by atoms with Gasteiger partial charge in [0.05, 0.1) is 11.4 Å². The van der Waals surface area contributed by atoms with Gasteiger partial charge in [0.1, 0.15) is 21.4 Å². The molecule has 0 spiro atoms. The highest BCUT2D eigenvalue weighted by atomic mass is 32.2. The number of aryl methyl sites for hydroxylation is 4. The van der Waals surface area contributed by atoms with Crippen LogP contribution in [-0.4, -0.2) is 126 Å². The van der Waals surface area contributed by atoms with Gasteiger partial charge in [0.25, 0.3) is 0 Å². The number of hydrogen-bond acceptors (Lipinski definition) is 16. The molecule has 0 aromatic carbocycles. The van der Waals surface area contributed by atoms with Crippen molar-refractivity contribution < 1.29 is 0 Å². The van der Waals surface area contributed by atoms with Crippen LogP contribution in [0, 0.1) is 13.8 Å². The fourth-order valence-corrected chi connectivity index (χ4v) is 7.51. The second kappa shape index (κ2) is 11.0. The fourth-order valence-electron chi connectivity index (χ4n) is 5.67. The van der Waals surface area contributed by atoms with Crippen LogP contribution < -0.4 is 20.7 Å². The monoisotopic (exact) mass is 634 g/mol. The van der Waals surface area contributed by atoms with Gasteiger partial charge in [0.15, 0.2) is 11.6 Å². The number of aromatic nitrogens is 10. The standard InChI is InChI=1S/C26H34N16S2/c1-15-19-21(29-23(27-15)39-11-7-37(3)8-12-39)43-25-33-31-17(41(25)35-19)5-6-18-32-34-26-42(18)36-20-16(2)28-24(30-22(20)44-26)40-13-9-38(4)10-14-40/h35-36H,5-14H2,1-4H3.